The van der Waals surface area contributed by atoms with Gasteiger partial charge >= 0.3 is 0 Å². The highest BCUT2D eigenvalue weighted by Crippen LogP contribution is 2.29. The first-order valence-corrected chi connectivity index (χ1v) is 6.39. The van der Waals surface area contributed by atoms with Gasteiger partial charge in [-0.25, -0.2) is 0 Å². The minimum Gasteiger partial charge on any atom is -0.377 e. The Balaban J connectivity index is 2.08. The van der Waals surface area contributed by atoms with Crippen LogP contribution in [0.5, 0.6) is 0 Å². The molecular weight excluding hydrogens is 308 g/mol. The van der Waals surface area contributed by atoms with Crippen molar-refractivity contribution in [2.75, 3.05) is 13.7 Å². The maximum atomic E-state index is 11.3. The maximum absolute atomic E-state index is 11.3. The van der Waals surface area contributed by atoms with E-state index in [4.69, 9.17) is 9.26 Å². The number of carbonyl (C=O) groups excluding carboxylic acids is 1. The summed E-state index contributed by atoms with van der Waals surface area (Å²) in [6.45, 7) is 0.0578. The first kappa shape index (κ1) is 12.4. The van der Waals surface area contributed by atoms with Crippen molar-refractivity contribution < 1.29 is 14.1 Å². The number of methoxy groups -OCH3 is 1. The Kier molecular flexibility index (Phi) is 4.03. The molecule has 17 heavy (non-hydrogen) atoms. The summed E-state index contributed by atoms with van der Waals surface area (Å²) in [5.41, 5.74) is 0. The molecule has 2 aromatic rings. The van der Waals surface area contributed by atoms with Crippen molar-refractivity contribution in [3.63, 3.8) is 0 Å². The molecule has 7 heteroatoms. The van der Waals surface area contributed by atoms with Crippen LogP contribution in [0.4, 0.5) is 0 Å². The van der Waals surface area contributed by atoms with Crippen LogP contribution in [0, 0.1) is 0 Å². The molecule has 0 atom stereocenters. The Morgan fingerprint density at radius 2 is 2.41 bits per heavy atom. The molecular formula is C10H9BrN2O3S. The summed E-state index contributed by atoms with van der Waals surface area (Å²) in [5, 5.41) is 3.82. The van der Waals surface area contributed by atoms with E-state index in [1.807, 2.05) is 12.1 Å². The number of aromatic nitrogens is 2. The average molecular weight is 317 g/mol. The standard InChI is InChI=1S/C10H9BrN2O3S/c1-15-5-6(14)4-9-12-10(13-16-9)7-2-3-8(11)17-7/h2-3H,4-5H2,1H3. The average Bonchev–Trinajstić information content (AvgIpc) is 2.87. The predicted octanol–water partition coefficient (Wildman–Crippen LogP) is 2.32. The van der Waals surface area contributed by atoms with E-state index < -0.39 is 0 Å². The molecule has 0 bridgehead atoms. The zero-order chi connectivity index (χ0) is 12.3. The van der Waals surface area contributed by atoms with Crippen LogP contribution >= 0.6 is 27.3 Å². The molecule has 0 spiro atoms. The molecule has 2 rings (SSSR count). The SMILES string of the molecule is COCC(=O)Cc1nc(-c2ccc(Br)s2)no1. The minimum absolute atomic E-state index is 0.0578. The van der Waals surface area contributed by atoms with Gasteiger partial charge in [-0.2, -0.15) is 4.98 Å². The number of hydrogen-bond acceptors (Lipinski definition) is 6. The van der Waals surface area contributed by atoms with Crippen molar-refractivity contribution in [1.82, 2.24) is 10.1 Å². The van der Waals surface area contributed by atoms with Gasteiger partial charge < -0.3 is 9.26 Å². The normalized spacial score (nSPS) is 10.7. The van der Waals surface area contributed by atoms with Crippen molar-refractivity contribution in [3.8, 4) is 10.7 Å². The fourth-order valence-electron chi connectivity index (χ4n) is 1.24. The van der Waals surface area contributed by atoms with Crippen LogP contribution in [0.1, 0.15) is 5.89 Å². The quantitative estimate of drug-likeness (QED) is 0.847. The zero-order valence-corrected chi connectivity index (χ0v) is 11.4. The summed E-state index contributed by atoms with van der Waals surface area (Å²) in [4.78, 5) is 16.4. The van der Waals surface area contributed by atoms with Crippen LogP contribution in [-0.4, -0.2) is 29.6 Å². The molecule has 2 aromatic heterocycles. The second-order valence-electron chi connectivity index (χ2n) is 3.26. The van der Waals surface area contributed by atoms with E-state index in [9.17, 15) is 4.79 Å². The summed E-state index contributed by atoms with van der Waals surface area (Å²) in [6, 6.07) is 3.80. The minimum atomic E-state index is -0.0879. The fraction of sp³-hybridized carbons (Fsp3) is 0.300. The van der Waals surface area contributed by atoms with Gasteiger partial charge in [0.1, 0.15) is 6.61 Å². The van der Waals surface area contributed by atoms with Crippen LogP contribution in [0.25, 0.3) is 10.7 Å². The zero-order valence-electron chi connectivity index (χ0n) is 8.97. The number of ketones is 1. The summed E-state index contributed by atoms with van der Waals surface area (Å²) in [6.07, 6.45) is 0.105. The molecule has 90 valence electrons. The smallest absolute Gasteiger partial charge is 0.234 e. The Morgan fingerprint density at radius 1 is 1.59 bits per heavy atom. The summed E-state index contributed by atoms with van der Waals surface area (Å²) >= 11 is 4.86. The van der Waals surface area contributed by atoms with E-state index in [2.05, 4.69) is 26.1 Å². The van der Waals surface area contributed by atoms with E-state index in [-0.39, 0.29) is 18.8 Å². The number of Topliss-reactive ketones (excluding diaryl/α,β-unsaturated/α-hetero) is 1. The largest absolute Gasteiger partial charge is 0.377 e. The molecule has 0 saturated heterocycles. The monoisotopic (exact) mass is 316 g/mol. The Morgan fingerprint density at radius 3 is 3.06 bits per heavy atom. The molecule has 0 aromatic carbocycles. The predicted molar refractivity (Wildman–Crippen MR) is 65.9 cm³/mol. The second-order valence-corrected chi connectivity index (χ2v) is 5.73. The van der Waals surface area contributed by atoms with Gasteiger partial charge in [-0.3, -0.25) is 4.79 Å². The van der Waals surface area contributed by atoms with Crippen molar-refractivity contribution in [2.45, 2.75) is 6.42 Å². The summed E-state index contributed by atoms with van der Waals surface area (Å²) in [7, 11) is 1.47. The number of thiophene rings is 1. The van der Waals surface area contributed by atoms with Gasteiger partial charge in [0.15, 0.2) is 5.78 Å². The third-order valence-electron chi connectivity index (χ3n) is 1.92. The highest BCUT2D eigenvalue weighted by molar-refractivity contribution is 9.11. The summed E-state index contributed by atoms with van der Waals surface area (Å²) < 4.78 is 10.7. The number of hydrogen-bond donors (Lipinski definition) is 0. The number of nitrogens with zero attached hydrogens (tertiary/aromatic N) is 2. The van der Waals surface area contributed by atoms with Crippen molar-refractivity contribution >= 4 is 33.0 Å². The first-order valence-electron chi connectivity index (χ1n) is 4.78. The van der Waals surface area contributed by atoms with Gasteiger partial charge in [-0.1, -0.05) is 5.16 Å². The fourth-order valence-corrected chi connectivity index (χ4v) is 2.55. The highest BCUT2D eigenvalue weighted by Gasteiger charge is 2.13. The molecule has 0 aliphatic heterocycles. The van der Waals surface area contributed by atoms with Gasteiger partial charge in [0, 0.05) is 7.11 Å². The molecule has 0 saturated carbocycles. The van der Waals surface area contributed by atoms with E-state index in [1.54, 1.807) is 0 Å². The van der Waals surface area contributed by atoms with Gasteiger partial charge in [-0.15, -0.1) is 11.3 Å². The molecule has 0 fully saturated rings. The molecule has 0 aliphatic carbocycles. The van der Waals surface area contributed by atoms with E-state index in [0.717, 1.165) is 8.66 Å². The van der Waals surface area contributed by atoms with Gasteiger partial charge in [0.05, 0.1) is 15.1 Å². The van der Waals surface area contributed by atoms with Crippen LogP contribution in [0.3, 0.4) is 0 Å². The third-order valence-corrected chi connectivity index (χ3v) is 3.53. The lowest BCUT2D eigenvalue weighted by Crippen LogP contribution is -2.09. The highest BCUT2D eigenvalue weighted by atomic mass is 79.9. The van der Waals surface area contributed by atoms with Crippen LogP contribution in [-0.2, 0) is 16.0 Å². The van der Waals surface area contributed by atoms with Crippen molar-refractivity contribution in [3.05, 3.63) is 21.8 Å². The number of carbonyl (C=O) groups is 1. The maximum Gasteiger partial charge on any atom is 0.234 e. The van der Waals surface area contributed by atoms with Crippen molar-refractivity contribution in [2.24, 2.45) is 0 Å². The summed E-state index contributed by atoms with van der Waals surface area (Å²) in [5.74, 6) is 0.725. The lowest BCUT2D eigenvalue weighted by atomic mass is 10.3. The third kappa shape index (κ3) is 3.21. The van der Waals surface area contributed by atoms with Gasteiger partial charge in [0.25, 0.3) is 0 Å². The van der Waals surface area contributed by atoms with Crippen LogP contribution in [0.2, 0.25) is 0 Å². The molecule has 0 radical (unpaired) electrons. The van der Waals surface area contributed by atoms with Crippen LogP contribution < -0.4 is 0 Å². The number of halogens is 1. The van der Waals surface area contributed by atoms with E-state index in [1.165, 1.54) is 18.4 Å². The van der Waals surface area contributed by atoms with E-state index in [0.29, 0.717) is 11.7 Å². The Labute approximate surface area is 110 Å². The lowest BCUT2D eigenvalue weighted by molar-refractivity contribution is -0.122. The Hall–Kier alpha value is -1.05. The lowest BCUT2D eigenvalue weighted by Gasteiger charge is -1.93. The first-order chi connectivity index (χ1) is 8.19. The topological polar surface area (TPSA) is 65.2 Å². The van der Waals surface area contributed by atoms with Gasteiger partial charge in [0.2, 0.25) is 11.7 Å². The van der Waals surface area contributed by atoms with Crippen LogP contribution in [0.15, 0.2) is 20.4 Å². The molecule has 2 heterocycles. The molecule has 0 aliphatic rings. The Bertz CT molecular complexity index is 523. The van der Waals surface area contributed by atoms with Gasteiger partial charge in [-0.05, 0) is 28.1 Å². The number of rotatable bonds is 5. The number of ether oxygens (including phenoxy) is 1. The van der Waals surface area contributed by atoms with E-state index >= 15 is 0 Å². The molecule has 0 amide bonds. The molecule has 0 unspecified atom stereocenters. The second kappa shape index (κ2) is 5.52. The molecule has 0 N–H and O–H groups in total. The molecule has 5 nitrogen and oxygen atoms in total. The van der Waals surface area contributed by atoms with Crippen molar-refractivity contribution in [1.29, 1.82) is 0 Å².